The summed E-state index contributed by atoms with van der Waals surface area (Å²) in [5, 5.41) is 16.0. The number of carbonyl (C=O) groups excluding carboxylic acids is 2. The smallest absolute Gasteiger partial charge is 0.251 e. The number of nitrogens with zero attached hydrogens (tertiary/aromatic N) is 2. The fourth-order valence-electron chi connectivity index (χ4n) is 3.25. The predicted octanol–water partition coefficient (Wildman–Crippen LogP) is 2.98. The summed E-state index contributed by atoms with van der Waals surface area (Å²) >= 11 is 5.88. The van der Waals surface area contributed by atoms with Crippen molar-refractivity contribution in [1.29, 1.82) is 5.26 Å². The summed E-state index contributed by atoms with van der Waals surface area (Å²) in [6, 6.07) is 8.08. The summed E-state index contributed by atoms with van der Waals surface area (Å²) in [6.07, 6.45) is 1.60. The third kappa shape index (κ3) is 6.22. The highest BCUT2D eigenvalue weighted by Gasteiger charge is 2.38. The lowest BCUT2D eigenvalue weighted by Crippen LogP contribution is -2.59. The average Bonchev–Trinajstić information content (AvgIpc) is 2.62. The third-order valence-electron chi connectivity index (χ3n) is 4.96. The maximum atomic E-state index is 13.0. The van der Waals surface area contributed by atoms with Crippen LogP contribution in [0.15, 0.2) is 24.3 Å². The van der Waals surface area contributed by atoms with E-state index < -0.39 is 11.6 Å². The first-order chi connectivity index (χ1) is 13.0. The van der Waals surface area contributed by atoms with Gasteiger partial charge in [0.05, 0.1) is 6.07 Å². The van der Waals surface area contributed by atoms with Gasteiger partial charge in [-0.1, -0.05) is 32.4 Å². The zero-order valence-corrected chi connectivity index (χ0v) is 17.8. The molecule has 1 saturated heterocycles. The fraction of sp³-hybridized carbons (Fsp3) is 0.571. The van der Waals surface area contributed by atoms with E-state index in [1.165, 1.54) is 0 Å². The van der Waals surface area contributed by atoms with E-state index >= 15 is 0 Å². The molecule has 7 heteroatoms. The van der Waals surface area contributed by atoms with Crippen LogP contribution in [0.5, 0.6) is 0 Å². The number of nitrogens with one attached hydrogen (secondary N) is 2. The molecule has 1 atom stereocenters. The molecule has 1 fully saturated rings. The van der Waals surface area contributed by atoms with E-state index in [0.717, 1.165) is 13.1 Å². The van der Waals surface area contributed by atoms with Crippen LogP contribution in [0.4, 0.5) is 0 Å². The number of amides is 2. The highest BCUT2D eigenvalue weighted by atomic mass is 35.5. The van der Waals surface area contributed by atoms with Gasteiger partial charge in [0.1, 0.15) is 11.6 Å². The van der Waals surface area contributed by atoms with Crippen molar-refractivity contribution in [2.24, 2.45) is 5.41 Å². The summed E-state index contributed by atoms with van der Waals surface area (Å²) in [4.78, 5) is 27.8. The van der Waals surface area contributed by atoms with Gasteiger partial charge in [-0.3, -0.25) is 9.59 Å². The van der Waals surface area contributed by atoms with Crippen molar-refractivity contribution in [2.45, 2.75) is 51.6 Å². The first-order valence-corrected chi connectivity index (χ1v) is 9.90. The van der Waals surface area contributed by atoms with E-state index in [-0.39, 0.29) is 17.2 Å². The molecule has 1 aromatic carbocycles. The van der Waals surface area contributed by atoms with Crippen LogP contribution >= 0.6 is 11.6 Å². The number of halogens is 1. The lowest BCUT2D eigenvalue weighted by Gasteiger charge is -2.37. The number of hydrogen-bond donors (Lipinski definition) is 2. The number of likely N-dealkylation sites (tertiary alicyclic amines) is 1. The van der Waals surface area contributed by atoms with Crippen molar-refractivity contribution in [3.8, 4) is 6.07 Å². The number of rotatable bonds is 5. The molecule has 2 amide bonds. The first-order valence-electron chi connectivity index (χ1n) is 9.52. The molecule has 1 heterocycles. The van der Waals surface area contributed by atoms with Gasteiger partial charge in [0, 0.05) is 23.7 Å². The minimum absolute atomic E-state index is 0.179. The zero-order chi connectivity index (χ0) is 20.9. The van der Waals surface area contributed by atoms with Crippen LogP contribution in [0.25, 0.3) is 0 Å². The average molecular weight is 405 g/mol. The summed E-state index contributed by atoms with van der Waals surface area (Å²) in [5.41, 5.74) is -0.627. The molecule has 0 aliphatic carbocycles. The van der Waals surface area contributed by atoms with Crippen LogP contribution in [0, 0.1) is 16.7 Å². The Morgan fingerprint density at radius 2 is 1.82 bits per heavy atom. The van der Waals surface area contributed by atoms with Crippen LogP contribution in [0.2, 0.25) is 5.02 Å². The van der Waals surface area contributed by atoms with Crippen molar-refractivity contribution in [3.05, 3.63) is 34.9 Å². The summed E-state index contributed by atoms with van der Waals surface area (Å²) < 4.78 is 0. The number of hydrogen-bond acceptors (Lipinski definition) is 4. The zero-order valence-electron chi connectivity index (χ0n) is 17.0. The molecule has 1 aliphatic heterocycles. The molecule has 2 N–H and O–H groups in total. The quantitative estimate of drug-likeness (QED) is 0.790. The second-order valence-corrected chi connectivity index (χ2v) is 9.22. The van der Waals surface area contributed by atoms with Crippen molar-refractivity contribution in [3.63, 3.8) is 0 Å². The fourth-order valence-corrected chi connectivity index (χ4v) is 3.38. The maximum Gasteiger partial charge on any atom is 0.251 e. The Morgan fingerprint density at radius 1 is 1.25 bits per heavy atom. The van der Waals surface area contributed by atoms with Crippen LogP contribution in [-0.4, -0.2) is 48.4 Å². The van der Waals surface area contributed by atoms with E-state index in [2.05, 4.69) is 21.6 Å². The largest absolute Gasteiger partial charge is 0.340 e. The van der Waals surface area contributed by atoms with Crippen molar-refractivity contribution < 1.29 is 9.59 Å². The minimum Gasteiger partial charge on any atom is -0.340 e. The molecule has 2 rings (SSSR count). The van der Waals surface area contributed by atoms with Crippen LogP contribution < -0.4 is 10.6 Å². The Labute approximate surface area is 172 Å². The normalized spacial score (nSPS) is 18.0. The second-order valence-electron chi connectivity index (χ2n) is 8.78. The monoisotopic (exact) mass is 404 g/mol. The Morgan fingerprint density at radius 3 is 2.32 bits per heavy atom. The van der Waals surface area contributed by atoms with E-state index in [0.29, 0.717) is 29.8 Å². The molecule has 1 unspecified atom stereocenters. The predicted molar refractivity (Wildman–Crippen MR) is 110 cm³/mol. The van der Waals surface area contributed by atoms with Gasteiger partial charge < -0.3 is 15.5 Å². The van der Waals surface area contributed by atoms with E-state index in [1.54, 1.807) is 24.3 Å². The van der Waals surface area contributed by atoms with Crippen molar-refractivity contribution in [1.82, 2.24) is 15.5 Å². The molecule has 28 heavy (non-hydrogen) atoms. The van der Waals surface area contributed by atoms with Gasteiger partial charge in [-0.15, -0.1) is 0 Å². The van der Waals surface area contributed by atoms with E-state index in [4.69, 9.17) is 11.6 Å². The Bertz CT molecular complexity index is 741. The molecule has 0 bridgehead atoms. The molecule has 0 saturated carbocycles. The van der Waals surface area contributed by atoms with Crippen molar-refractivity contribution >= 4 is 23.4 Å². The molecule has 6 nitrogen and oxygen atoms in total. The molecular formula is C21H29ClN4O2. The Balaban J connectivity index is 2.15. The molecular weight excluding hydrogens is 376 g/mol. The van der Waals surface area contributed by atoms with Gasteiger partial charge in [-0.2, -0.15) is 5.26 Å². The van der Waals surface area contributed by atoms with Gasteiger partial charge in [0.2, 0.25) is 5.91 Å². The second kappa shape index (κ2) is 8.93. The first kappa shape index (κ1) is 22.2. The van der Waals surface area contributed by atoms with Gasteiger partial charge in [-0.25, -0.2) is 0 Å². The summed E-state index contributed by atoms with van der Waals surface area (Å²) in [7, 11) is 2.00. The highest BCUT2D eigenvalue weighted by molar-refractivity contribution is 6.30. The lowest BCUT2D eigenvalue weighted by atomic mass is 9.85. The maximum absolute atomic E-state index is 13.0. The Kier molecular flexibility index (Phi) is 7.08. The van der Waals surface area contributed by atoms with Crippen LogP contribution in [0.1, 0.15) is 50.4 Å². The van der Waals surface area contributed by atoms with Crippen LogP contribution in [0.3, 0.4) is 0 Å². The highest BCUT2D eigenvalue weighted by Crippen LogP contribution is 2.24. The van der Waals surface area contributed by atoms with Crippen molar-refractivity contribution in [2.75, 3.05) is 20.1 Å². The van der Waals surface area contributed by atoms with E-state index in [9.17, 15) is 14.9 Å². The molecule has 1 aliphatic rings. The number of nitriles is 1. The lowest BCUT2D eigenvalue weighted by molar-refractivity contribution is -0.125. The molecule has 0 radical (unpaired) electrons. The van der Waals surface area contributed by atoms with Gasteiger partial charge in [-0.05, 0) is 56.0 Å². The Hall–Kier alpha value is -2.10. The molecule has 1 aromatic rings. The third-order valence-corrected chi connectivity index (χ3v) is 5.21. The van der Waals surface area contributed by atoms with E-state index in [1.807, 2.05) is 27.8 Å². The number of benzene rings is 1. The number of piperidine rings is 1. The standard InChI is InChI=1S/C21H29ClN4O2/c1-20(2,3)13-17(24-18(27)15-5-7-16(22)8-6-15)19(28)25-21(14-23)9-11-26(4)12-10-21/h5-8,17H,9-13H2,1-4H3,(H,24,27)(H,25,28). The van der Waals surface area contributed by atoms with Crippen LogP contribution in [-0.2, 0) is 4.79 Å². The summed E-state index contributed by atoms with van der Waals surface area (Å²) in [5.74, 6) is -0.654. The summed E-state index contributed by atoms with van der Waals surface area (Å²) in [6.45, 7) is 7.52. The number of carbonyl (C=O) groups is 2. The van der Waals surface area contributed by atoms with Gasteiger partial charge in [0.25, 0.3) is 5.91 Å². The van der Waals surface area contributed by atoms with Gasteiger partial charge >= 0.3 is 0 Å². The SMILES string of the molecule is CN1CCC(C#N)(NC(=O)C(CC(C)(C)C)NC(=O)c2ccc(Cl)cc2)CC1. The molecule has 0 spiro atoms. The minimum atomic E-state index is -0.884. The molecule has 0 aromatic heterocycles. The van der Waals surface area contributed by atoms with Gasteiger partial charge in [0.15, 0.2) is 0 Å². The molecule has 152 valence electrons. The topological polar surface area (TPSA) is 85.2 Å².